The number of amides is 1. The zero-order valence-corrected chi connectivity index (χ0v) is 16.7. The van der Waals surface area contributed by atoms with E-state index in [4.69, 9.17) is 4.74 Å². The monoisotopic (exact) mass is 389 g/mol. The van der Waals surface area contributed by atoms with Crippen LogP contribution in [0.1, 0.15) is 42.1 Å². The number of ether oxygens (including phenoxy) is 1. The van der Waals surface area contributed by atoms with Crippen molar-refractivity contribution in [1.29, 1.82) is 0 Å². The van der Waals surface area contributed by atoms with Crippen LogP contribution in [0.3, 0.4) is 0 Å². The minimum atomic E-state index is -0.187. The van der Waals surface area contributed by atoms with E-state index >= 15 is 0 Å². The molecular weight excluding hydrogens is 362 g/mol. The first kappa shape index (κ1) is 20.4. The Hall–Kier alpha value is -3.34. The maximum absolute atomic E-state index is 12.5. The van der Waals surface area contributed by atoms with Crippen molar-refractivity contribution < 1.29 is 9.53 Å². The number of benzene rings is 2. The van der Waals surface area contributed by atoms with Crippen LogP contribution in [0, 0.1) is 0 Å². The minimum absolute atomic E-state index is 0.187. The van der Waals surface area contributed by atoms with E-state index in [9.17, 15) is 4.79 Å². The van der Waals surface area contributed by atoms with E-state index in [1.807, 2.05) is 60.7 Å². The van der Waals surface area contributed by atoms with Crippen molar-refractivity contribution in [1.82, 2.24) is 4.98 Å². The van der Waals surface area contributed by atoms with Crippen molar-refractivity contribution in [3.63, 3.8) is 0 Å². The van der Waals surface area contributed by atoms with Gasteiger partial charge in [0.2, 0.25) is 0 Å². The van der Waals surface area contributed by atoms with Gasteiger partial charge in [0, 0.05) is 24.6 Å². The highest BCUT2D eigenvalue weighted by Crippen LogP contribution is 2.18. The van der Waals surface area contributed by atoms with Gasteiger partial charge in [0.25, 0.3) is 5.91 Å². The highest BCUT2D eigenvalue weighted by Gasteiger charge is 2.08. The summed E-state index contributed by atoms with van der Waals surface area (Å²) in [6, 6.07) is 19.2. The molecule has 1 amide bonds. The molecule has 5 nitrogen and oxygen atoms in total. The molecule has 0 spiro atoms. The maximum Gasteiger partial charge on any atom is 0.257 e. The van der Waals surface area contributed by atoms with Crippen LogP contribution in [-0.2, 0) is 6.61 Å². The van der Waals surface area contributed by atoms with Gasteiger partial charge in [-0.15, -0.1) is 0 Å². The summed E-state index contributed by atoms with van der Waals surface area (Å²) >= 11 is 0. The highest BCUT2D eigenvalue weighted by atomic mass is 16.5. The SMILES string of the molecule is CCCCCNc1cncc(C(=O)Nc2ccc(OCc3ccccc3)cc2)c1. The molecule has 0 aliphatic rings. The number of carbonyl (C=O) groups excluding carboxylic acids is 1. The van der Waals surface area contributed by atoms with E-state index < -0.39 is 0 Å². The van der Waals surface area contributed by atoms with Gasteiger partial charge < -0.3 is 15.4 Å². The number of unbranched alkanes of at least 4 members (excludes halogenated alkanes) is 2. The van der Waals surface area contributed by atoms with Crippen molar-refractivity contribution in [3.8, 4) is 5.75 Å². The lowest BCUT2D eigenvalue weighted by Crippen LogP contribution is -2.13. The first-order valence-electron chi connectivity index (χ1n) is 10.0. The zero-order chi connectivity index (χ0) is 20.3. The highest BCUT2D eigenvalue weighted by molar-refractivity contribution is 6.04. The molecule has 2 aromatic carbocycles. The van der Waals surface area contributed by atoms with Crippen LogP contribution in [0.4, 0.5) is 11.4 Å². The van der Waals surface area contributed by atoms with Gasteiger partial charge in [-0.1, -0.05) is 50.1 Å². The van der Waals surface area contributed by atoms with E-state index in [2.05, 4.69) is 22.5 Å². The summed E-state index contributed by atoms with van der Waals surface area (Å²) in [5, 5.41) is 6.22. The molecule has 0 aliphatic heterocycles. The molecule has 1 aromatic heterocycles. The van der Waals surface area contributed by atoms with Gasteiger partial charge in [0.1, 0.15) is 12.4 Å². The summed E-state index contributed by atoms with van der Waals surface area (Å²) in [7, 11) is 0. The van der Waals surface area contributed by atoms with Crippen LogP contribution >= 0.6 is 0 Å². The Labute approximate surface area is 172 Å². The molecule has 0 saturated heterocycles. The van der Waals surface area contributed by atoms with Gasteiger partial charge in [-0.2, -0.15) is 0 Å². The number of pyridine rings is 1. The number of aromatic nitrogens is 1. The third-order valence-electron chi connectivity index (χ3n) is 4.47. The molecule has 0 radical (unpaired) electrons. The van der Waals surface area contributed by atoms with E-state index in [0.717, 1.165) is 30.0 Å². The largest absolute Gasteiger partial charge is 0.489 e. The summed E-state index contributed by atoms with van der Waals surface area (Å²) in [6.07, 6.45) is 6.78. The van der Waals surface area contributed by atoms with Crippen LogP contribution in [0.25, 0.3) is 0 Å². The molecule has 5 heteroatoms. The van der Waals surface area contributed by atoms with Crippen LogP contribution in [0.15, 0.2) is 73.1 Å². The Morgan fingerprint density at radius 1 is 0.966 bits per heavy atom. The van der Waals surface area contributed by atoms with Crippen LogP contribution in [0.2, 0.25) is 0 Å². The molecule has 2 N–H and O–H groups in total. The lowest BCUT2D eigenvalue weighted by atomic mass is 10.2. The molecule has 0 unspecified atom stereocenters. The fraction of sp³-hybridized carbons (Fsp3) is 0.250. The molecule has 29 heavy (non-hydrogen) atoms. The molecule has 3 rings (SSSR count). The van der Waals surface area contributed by atoms with Crippen LogP contribution in [-0.4, -0.2) is 17.4 Å². The smallest absolute Gasteiger partial charge is 0.257 e. The summed E-state index contributed by atoms with van der Waals surface area (Å²) in [6.45, 7) is 3.57. The average Bonchev–Trinajstić information content (AvgIpc) is 2.77. The first-order valence-corrected chi connectivity index (χ1v) is 10.0. The van der Waals surface area contributed by atoms with Crippen molar-refractivity contribution in [2.24, 2.45) is 0 Å². The summed E-state index contributed by atoms with van der Waals surface area (Å²) in [5.74, 6) is 0.569. The molecule has 1 heterocycles. The number of nitrogens with one attached hydrogen (secondary N) is 2. The maximum atomic E-state index is 12.5. The molecule has 0 saturated carbocycles. The third kappa shape index (κ3) is 6.64. The number of carbonyl (C=O) groups is 1. The normalized spacial score (nSPS) is 10.4. The Kier molecular flexibility index (Phi) is 7.63. The molecule has 0 atom stereocenters. The first-order chi connectivity index (χ1) is 14.2. The Balaban J connectivity index is 1.52. The minimum Gasteiger partial charge on any atom is -0.489 e. The third-order valence-corrected chi connectivity index (χ3v) is 4.47. The second-order valence-electron chi connectivity index (χ2n) is 6.85. The Morgan fingerprint density at radius 3 is 2.52 bits per heavy atom. The van der Waals surface area contributed by atoms with Gasteiger partial charge in [0.15, 0.2) is 0 Å². The summed E-state index contributed by atoms with van der Waals surface area (Å²) < 4.78 is 5.78. The molecular formula is C24H27N3O2. The van der Waals surface area contributed by atoms with Gasteiger partial charge in [0.05, 0.1) is 11.3 Å². The van der Waals surface area contributed by atoms with E-state index in [1.54, 1.807) is 12.4 Å². The van der Waals surface area contributed by atoms with Crippen molar-refractivity contribution in [2.45, 2.75) is 32.8 Å². The fourth-order valence-electron chi connectivity index (χ4n) is 2.85. The number of hydrogen-bond acceptors (Lipinski definition) is 4. The van der Waals surface area contributed by atoms with Crippen LogP contribution < -0.4 is 15.4 Å². The lowest BCUT2D eigenvalue weighted by Gasteiger charge is -2.10. The van der Waals surface area contributed by atoms with Gasteiger partial charge in [-0.05, 0) is 42.3 Å². The van der Waals surface area contributed by atoms with Crippen molar-refractivity contribution in [2.75, 3.05) is 17.2 Å². The summed E-state index contributed by atoms with van der Waals surface area (Å²) in [4.78, 5) is 16.7. The zero-order valence-electron chi connectivity index (χ0n) is 16.7. The standard InChI is InChI=1S/C24H27N3O2/c1-2-3-7-14-26-22-15-20(16-25-17-22)24(28)27-21-10-12-23(13-11-21)29-18-19-8-5-4-6-9-19/h4-6,8-13,15-17,26H,2-3,7,14,18H2,1H3,(H,27,28). The fourth-order valence-corrected chi connectivity index (χ4v) is 2.85. The topological polar surface area (TPSA) is 63.2 Å². The Morgan fingerprint density at radius 2 is 1.76 bits per heavy atom. The van der Waals surface area contributed by atoms with Crippen molar-refractivity contribution in [3.05, 3.63) is 84.2 Å². The number of rotatable bonds is 10. The predicted octanol–water partition coefficient (Wildman–Crippen LogP) is 5.52. The van der Waals surface area contributed by atoms with Gasteiger partial charge >= 0.3 is 0 Å². The van der Waals surface area contributed by atoms with E-state index in [-0.39, 0.29) is 5.91 Å². The molecule has 0 fully saturated rings. The molecule has 0 bridgehead atoms. The molecule has 150 valence electrons. The Bertz CT molecular complexity index is 896. The second-order valence-corrected chi connectivity index (χ2v) is 6.85. The van der Waals surface area contributed by atoms with Crippen LogP contribution in [0.5, 0.6) is 5.75 Å². The van der Waals surface area contributed by atoms with Gasteiger partial charge in [-0.3, -0.25) is 9.78 Å². The lowest BCUT2D eigenvalue weighted by molar-refractivity contribution is 0.102. The molecule has 3 aromatic rings. The van der Waals surface area contributed by atoms with Gasteiger partial charge in [-0.25, -0.2) is 0 Å². The molecule has 0 aliphatic carbocycles. The number of hydrogen-bond donors (Lipinski definition) is 2. The van der Waals surface area contributed by atoms with E-state index in [1.165, 1.54) is 12.8 Å². The number of nitrogens with zero attached hydrogens (tertiary/aromatic N) is 1. The van der Waals surface area contributed by atoms with E-state index in [0.29, 0.717) is 17.9 Å². The average molecular weight is 389 g/mol. The number of anilines is 2. The predicted molar refractivity (Wildman–Crippen MR) is 117 cm³/mol. The quantitative estimate of drug-likeness (QED) is 0.449. The second kappa shape index (κ2) is 10.9. The van der Waals surface area contributed by atoms with Crippen molar-refractivity contribution >= 4 is 17.3 Å². The summed E-state index contributed by atoms with van der Waals surface area (Å²) in [5.41, 5.74) is 3.21.